The molecule has 0 aliphatic heterocycles. The number of alkyl carbamates (subject to hydrolysis) is 1. The monoisotopic (exact) mass is 433 g/mol. The van der Waals surface area contributed by atoms with Gasteiger partial charge in [0.05, 0.1) is 5.69 Å². The number of hydrogen-bond acceptors (Lipinski definition) is 4. The second kappa shape index (κ2) is 8.15. The van der Waals surface area contributed by atoms with E-state index in [2.05, 4.69) is 22.5 Å². The molecule has 32 heavy (non-hydrogen) atoms. The van der Waals surface area contributed by atoms with Crippen LogP contribution in [-0.4, -0.2) is 33.6 Å². The Kier molecular flexibility index (Phi) is 5.50. The molecular weight excluding hydrogens is 406 g/mol. The van der Waals surface area contributed by atoms with Crippen LogP contribution in [-0.2, 0) is 22.0 Å². The Hall–Kier alpha value is -3.61. The maximum Gasteiger partial charge on any atom is 0.408 e. The minimum absolute atomic E-state index is 0.0973. The summed E-state index contributed by atoms with van der Waals surface area (Å²) in [6.45, 7) is 5.96. The minimum atomic E-state index is -1.26. The van der Waals surface area contributed by atoms with Crippen molar-refractivity contribution in [2.45, 2.75) is 38.1 Å². The van der Waals surface area contributed by atoms with Crippen LogP contribution in [0, 0.1) is 0 Å². The predicted molar refractivity (Wildman–Crippen MR) is 120 cm³/mol. The SMILES string of the molecule is Cn1cc(C(NC(=O)OCC2c3ccccc3-c3ccccc32)C(=O)O)c(C(C)(C)C)n1. The van der Waals surface area contributed by atoms with E-state index >= 15 is 0 Å². The van der Waals surface area contributed by atoms with E-state index in [0.717, 1.165) is 22.3 Å². The van der Waals surface area contributed by atoms with Gasteiger partial charge in [0.25, 0.3) is 0 Å². The Morgan fingerprint density at radius 2 is 1.66 bits per heavy atom. The molecule has 0 radical (unpaired) electrons. The summed E-state index contributed by atoms with van der Waals surface area (Å²) in [5, 5.41) is 16.7. The largest absolute Gasteiger partial charge is 0.479 e. The molecule has 4 rings (SSSR count). The van der Waals surface area contributed by atoms with Gasteiger partial charge in [-0.1, -0.05) is 69.3 Å². The lowest BCUT2D eigenvalue weighted by Crippen LogP contribution is -2.36. The number of amides is 1. The van der Waals surface area contributed by atoms with E-state index in [4.69, 9.17) is 4.74 Å². The fourth-order valence-electron chi connectivity index (χ4n) is 4.33. The fraction of sp³-hybridized carbons (Fsp3) is 0.320. The number of nitrogens with zero attached hydrogens (tertiary/aromatic N) is 2. The number of nitrogens with one attached hydrogen (secondary N) is 1. The van der Waals surface area contributed by atoms with Gasteiger partial charge in [0.2, 0.25) is 0 Å². The molecule has 166 valence electrons. The number of carboxylic acid groups (broad SMARTS) is 1. The average Bonchev–Trinajstić information content (AvgIpc) is 3.28. The van der Waals surface area contributed by atoms with E-state index in [-0.39, 0.29) is 17.9 Å². The highest BCUT2D eigenvalue weighted by molar-refractivity contribution is 5.82. The lowest BCUT2D eigenvalue weighted by Gasteiger charge is -2.21. The van der Waals surface area contributed by atoms with Crippen LogP contribution in [0.2, 0.25) is 0 Å². The zero-order valence-electron chi connectivity index (χ0n) is 18.6. The van der Waals surface area contributed by atoms with Crippen molar-refractivity contribution >= 4 is 12.1 Å². The maximum absolute atomic E-state index is 12.7. The third-order valence-corrected chi connectivity index (χ3v) is 5.73. The number of aromatic nitrogens is 2. The van der Waals surface area contributed by atoms with Gasteiger partial charge in [-0.15, -0.1) is 0 Å². The van der Waals surface area contributed by atoms with Crippen LogP contribution < -0.4 is 5.32 Å². The number of hydrogen-bond donors (Lipinski definition) is 2. The van der Waals surface area contributed by atoms with Crippen molar-refractivity contribution in [3.63, 3.8) is 0 Å². The Morgan fingerprint density at radius 3 is 2.19 bits per heavy atom. The highest BCUT2D eigenvalue weighted by Crippen LogP contribution is 2.44. The van der Waals surface area contributed by atoms with Gasteiger partial charge in [-0.05, 0) is 22.3 Å². The van der Waals surface area contributed by atoms with Gasteiger partial charge < -0.3 is 15.2 Å². The average molecular weight is 434 g/mol. The standard InChI is InChI=1S/C25H27N3O4/c1-25(2,3)22-19(13-28(4)27-22)21(23(29)30)26-24(31)32-14-20-17-11-7-5-9-15(17)16-10-6-8-12-18(16)20/h5-13,20-21H,14H2,1-4H3,(H,26,31)(H,29,30). The number of aliphatic carboxylic acids is 1. The zero-order valence-corrected chi connectivity index (χ0v) is 18.6. The van der Waals surface area contributed by atoms with Gasteiger partial charge in [-0.2, -0.15) is 5.10 Å². The van der Waals surface area contributed by atoms with E-state index < -0.39 is 18.1 Å². The third kappa shape index (κ3) is 3.98. The Bertz CT molecular complexity index is 1130. The summed E-state index contributed by atoms with van der Waals surface area (Å²) in [4.78, 5) is 24.7. The smallest absolute Gasteiger partial charge is 0.408 e. The number of rotatable bonds is 5. The van der Waals surface area contributed by atoms with Crippen LogP contribution >= 0.6 is 0 Å². The van der Waals surface area contributed by atoms with Crippen molar-refractivity contribution in [1.82, 2.24) is 15.1 Å². The first kappa shape index (κ1) is 21.6. The van der Waals surface area contributed by atoms with E-state index in [0.29, 0.717) is 11.3 Å². The molecule has 1 amide bonds. The molecule has 0 saturated carbocycles. The number of fused-ring (bicyclic) bond motifs is 3. The molecule has 1 aliphatic carbocycles. The van der Waals surface area contributed by atoms with Crippen LogP contribution in [0.4, 0.5) is 4.79 Å². The van der Waals surface area contributed by atoms with Crippen molar-refractivity contribution in [3.05, 3.63) is 77.1 Å². The molecule has 0 fully saturated rings. The van der Waals surface area contributed by atoms with Gasteiger partial charge in [-0.25, -0.2) is 9.59 Å². The molecular formula is C25H27N3O4. The quantitative estimate of drug-likeness (QED) is 0.623. The third-order valence-electron chi connectivity index (χ3n) is 5.73. The van der Waals surface area contributed by atoms with Crippen LogP contribution in [0.3, 0.4) is 0 Å². The zero-order chi connectivity index (χ0) is 23.0. The maximum atomic E-state index is 12.7. The van der Waals surface area contributed by atoms with E-state index in [1.54, 1.807) is 17.9 Å². The topological polar surface area (TPSA) is 93.5 Å². The summed E-state index contributed by atoms with van der Waals surface area (Å²) in [5.74, 6) is -1.27. The van der Waals surface area contributed by atoms with Crippen molar-refractivity contribution in [2.24, 2.45) is 7.05 Å². The molecule has 0 saturated heterocycles. The lowest BCUT2D eigenvalue weighted by atomic mass is 9.87. The van der Waals surface area contributed by atoms with Crippen molar-refractivity contribution in [3.8, 4) is 11.1 Å². The molecule has 1 aromatic heterocycles. The first-order chi connectivity index (χ1) is 15.2. The minimum Gasteiger partial charge on any atom is -0.479 e. The second-order valence-electron chi connectivity index (χ2n) is 9.10. The van der Waals surface area contributed by atoms with Crippen molar-refractivity contribution in [2.75, 3.05) is 6.61 Å². The van der Waals surface area contributed by atoms with Crippen LogP contribution in [0.25, 0.3) is 11.1 Å². The van der Waals surface area contributed by atoms with Gasteiger partial charge in [-0.3, -0.25) is 4.68 Å². The normalized spacial score (nSPS) is 13.9. The highest BCUT2D eigenvalue weighted by Gasteiger charge is 2.33. The molecule has 3 aromatic rings. The Morgan fingerprint density at radius 1 is 1.09 bits per heavy atom. The molecule has 1 unspecified atom stereocenters. The summed E-state index contributed by atoms with van der Waals surface area (Å²) in [6.07, 6.45) is 0.853. The summed E-state index contributed by atoms with van der Waals surface area (Å²) in [6, 6.07) is 14.8. The van der Waals surface area contributed by atoms with Crippen LogP contribution in [0.15, 0.2) is 54.7 Å². The van der Waals surface area contributed by atoms with Gasteiger partial charge in [0, 0.05) is 30.1 Å². The number of aryl methyl sites for hydroxylation is 1. The Balaban J connectivity index is 1.52. The summed E-state index contributed by atoms with van der Waals surface area (Å²) < 4.78 is 7.09. The highest BCUT2D eigenvalue weighted by atomic mass is 16.5. The molecule has 0 bridgehead atoms. The lowest BCUT2D eigenvalue weighted by molar-refractivity contribution is -0.139. The van der Waals surface area contributed by atoms with E-state index in [1.165, 1.54) is 0 Å². The molecule has 2 aromatic carbocycles. The molecule has 7 nitrogen and oxygen atoms in total. The van der Waals surface area contributed by atoms with Crippen LogP contribution in [0.1, 0.15) is 55.1 Å². The summed E-state index contributed by atoms with van der Waals surface area (Å²) >= 11 is 0. The fourth-order valence-corrected chi connectivity index (χ4v) is 4.33. The van der Waals surface area contributed by atoms with Crippen molar-refractivity contribution < 1.29 is 19.4 Å². The van der Waals surface area contributed by atoms with E-state index in [1.807, 2.05) is 57.2 Å². The molecule has 1 aliphatic rings. The molecule has 7 heteroatoms. The number of carboxylic acids is 1. The van der Waals surface area contributed by atoms with Gasteiger partial charge in [0.1, 0.15) is 6.61 Å². The van der Waals surface area contributed by atoms with E-state index in [9.17, 15) is 14.7 Å². The Labute approximate surface area is 187 Å². The van der Waals surface area contributed by atoms with Gasteiger partial charge >= 0.3 is 12.1 Å². The van der Waals surface area contributed by atoms with Crippen LogP contribution in [0.5, 0.6) is 0 Å². The first-order valence-electron chi connectivity index (χ1n) is 10.5. The molecule has 1 atom stereocenters. The number of carbonyl (C=O) groups is 2. The number of carbonyl (C=O) groups excluding carboxylic acids is 1. The second-order valence-corrected chi connectivity index (χ2v) is 9.10. The first-order valence-corrected chi connectivity index (χ1v) is 10.5. The molecule has 1 heterocycles. The number of benzene rings is 2. The molecule has 0 spiro atoms. The summed E-state index contributed by atoms with van der Waals surface area (Å²) in [5.41, 5.74) is 5.13. The molecule has 2 N–H and O–H groups in total. The van der Waals surface area contributed by atoms with Crippen molar-refractivity contribution in [1.29, 1.82) is 0 Å². The van der Waals surface area contributed by atoms with Gasteiger partial charge in [0.15, 0.2) is 6.04 Å². The summed E-state index contributed by atoms with van der Waals surface area (Å²) in [7, 11) is 1.73. The predicted octanol–water partition coefficient (Wildman–Crippen LogP) is 4.38. The number of ether oxygens (including phenoxy) is 1.